The smallest absolute Gasteiger partial charge is 0.415 e. The van der Waals surface area contributed by atoms with Crippen molar-refractivity contribution >= 4 is 39.2 Å². The summed E-state index contributed by atoms with van der Waals surface area (Å²) < 4.78 is 13.0. The van der Waals surface area contributed by atoms with Crippen LogP contribution in [0.4, 0.5) is 16.3 Å². The molecule has 0 bridgehead atoms. The van der Waals surface area contributed by atoms with Gasteiger partial charge in [0.2, 0.25) is 0 Å². The molecule has 2 aromatic heterocycles. The van der Waals surface area contributed by atoms with E-state index in [1.54, 1.807) is 16.2 Å². The average Bonchev–Trinajstić information content (AvgIpc) is 3.41. The Kier molecular flexibility index (Phi) is 12.5. The van der Waals surface area contributed by atoms with E-state index in [4.69, 9.17) is 14.5 Å². The summed E-state index contributed by atoms with van der Waals surface area (Å²) in [7, 11) is 3.97. The number of amides is 1. The molecule has 45 heavy (non-hydrogen) atoms. The van der Waals surface area contributed by atoms with E-state index >= 15 is 0 Å². The van der Waals surface area contributed by atoms with Gasteiger partial charge >= 0.3 is 6.09 Å². The third kappa shape index (κ3) is 9.75. The fourth-order valence-corrected chi connectivity index (χ4v) is 5.93. The van der Waals surface area contributed by atoms with Gasteiger partial charge in [-0.3, -0.25) is 4.90 Å². The van der Waals surface area contributed by atoms with Crippen molar-refractivity contribution in [2.75, 3.05) is 30.5 Å². The number of carbonyl (C=O) groups is 1. The number of pyridine rings is 1. The van der Waals surface area contributed by atoms with Gasteiger partial charge in [-0.2, -0.15) is 0 Å². The Bertz CT molecular complexity index is 1510. The van der Waals surface area contributed by atoms with Gasteiger partial charge in [0.15, 0.2) is 0 Å². The molecule has 0 aliphatic heterocycles. The fourth-order valence-electron chi connectivity index (χ4n) is 4.92. The van der Waals surface area contributed by atoms with E-state index in [1.807, 2.05) is 78.0 Å². The van der Waals surface area contributed by atoms with Gasteiger partial charge in [0, 0.05) is 49.3 Å². The second-order valence-electron chi connectivity index (χ2n) is 12.9. The molecule has 7 nitrogen and oxygen atoms in total. The van der Waals surface area contributed by atoms with Crippen molar-refractivity contribution in [3.05, 3.63) is 60.8 Å². The van der Waals surface area contributed by atoms with Gasteiger partial charge in [-0.15, -0.1) is 11.3 Å². The number of thiazole rings is 1. The molecule has 0 radical (unpaired) electrons. The van der Waals surface area contributed by atoms with Crippen LogP contribution in [-0.2, 0) is 9.47 Å². The molecule has 1 amide bonds. The maximum Gasteiger partial charge on any atom is 0.415 e. The lowest BCUT2D eigenvalue weighted by molar-refractivity contribution is 0.0414. The summed E-state index contributed by atoms with van der Waals surface area (Å²) in [6.45, 7) is 18.6. The van der Waals surface area contributed by atoms with Gasteiger partial charge in [0.25, 0.3) is 0 Å². The number of nitrogens with zero attached hydrogens (tertiary/aromatic N) is 4. The van der Waals surface area contributed by atoms with Gasteiger partial charge in [-0.1, -0.05) is 51.5 Å². The molecule has 2 heterocycles. The molecule has 1 atom stereocenters. The molecule has 1 unspecified atom stereocenters. The molecule has 244 valence electrons. The van der Waals surface area contributed by atoms with Crippen LogP contribution in [0.25, 0.3) is 31.9 Å². The van der Waals surface area contributed by atoms with Gasteiger partial charge < -0.3 is 14.4 Å². The minimum absolute atomic E-state index is 0.192. The molecule has 2 aromatic carbocycles. The van der Waals surface area contributed by atoms with Gasteiger partial charge in [-0.05, 0) is 90.3 Å². The minimum atomic E-state index is -0.615. The Labute approximate surface area is 274 Å². The highest BCUT2D eigenvalue weighted by Gasteiger charge is 2.35. The Morgan fingerprint density at radius 1 is 0.933 bits per heavy atom. The molecule has 4 aromatic rings. The number of hydrogen-bond acceptors (Lipinski definition) is 7. The molecule has 0 saturated carbocycles. The number of aromatic nitrogens is 2. The zero-order valence-corrected chi connectivity index (χ0v) is 29.9. The highest BCUT2D eigenvalue weighted by molar-refractivity contribution is 7.21. The number of hydrogen-bond donors (Lipinski definition) is 0. The first-order chi connectivity index (χ1) is 21.3. The predicted molar refractivity (Wildman–Crippen MR) is 192 cm³/mol. The molecular formula is C37H52N4O3S. The van der Waals surface area contributed by atoms with E-state index in [2.05, 4.69) is 69.1 Å². The highest BCUT2D eigenvalue weighted by Crippen LogP contribution is 2.36. The minimum Gasteiger partial charge on any atom is -0.443 e. The zero-order valence-electron chi connectivity index (χ0n) is 29.1. The van der Waals surface area contributed by atoms with Crippen LogP contribution in [0.15, 0.2) is 60.8 Å². The van der Waals surface area contributed by atoms with Gasteiger partial charge in [0.05, 0.1) is 16.3 Å². The average molecular weight is 633 g/mol. The van der Waals surface area contributed by atoms with Crippen LogP contribution in [0, 0.1) is 0 Å². The Balaban J connectivity index is 0.00000271. The maximum atomic E-state index is 13.6. The standard InChI is InChI=1S/C35H46N4O3S.C2H6/c1-10-11-24(2)41-21-20-35(6,7)39(33(40)42-34(3,4)5)28-17-18-29-30(22-28)43-32(37-29)26-14-12-25(13-15-26)27-16-19-31(36-23-27)38(8)9;1-2/h12-19,22-24H,10-11,20-21H2,1-9H3;1-2H3. The third-order valence-corrected chi connectivity index (χ3v) is 8.36. The molecule has 8 heteroatoms. The fraction of sp³-hybridized carbons (Fsp3) is 0.486. The number of ether oxygens (including phenoxy) is 2. The van der Waals surface area contributed by atoms with Crippen LogP contribution in [0.5, 0.6) is 0 Å². The van der Waals surface area contributed by atoms with Crippen LogP contribution in [0.1, 0.15) is 81.6 Å². The number of carbonyl (C=O) groups excluding carboxylic acids is 1. The van der Waals surface area contributed by atoms with Crippen LogP contribution in [-0.4, -0.2) is 54.0 Å². The van der Waals surface area contributed by atoms with Gasteiger partial charge in [0.1, 0.15) is 16.4 Å². The van der Waals surface area contributed by atoms with E-state index in [9.17, 15) is 4.79 Å². The number of anilines is 2. The Morgan fingerprint density at radius 3 is 2.16 bits per heavy atom. The summed E-state index contributed by atoms with van der Waals surface area (Å²) in [4.78, 5) is 26.8. The summed E-state index contributed by atoms with van der Waals surface area (Å²) in [6, 6.07) is 18.5. The summed E-state index contributed by atoms with van der Waals surface area (Å²) in [5, 5.41) is 0.932. The van der Waals surface area contributed by atoms with Crippen LogP contribution < -0.4 is 9.80 Å². The molecule has 0 spiro atoms. The second kappa shape index (κ2) is 15.7. The van der Waals surface area contributed by atoms with Crippen LogP contribution >= 0.6 is 11.3 Å². The molecule has 0 aliphatic rings. The van der Waals surface area contributed by atoms with Crippen molar-refractivity contribution in [1.82, 2.24) is 9.97 Å². The van der Waals surface area contributed by atoms with Crippen molar-refractivity contribution in [2.24, 2.45) is 0 Å². The second-order valence-corrected chi connectivity index (χ2v) is 13.9. The molecule has 4 rings (SSSR count). The largest absolute Gasteiger partial charge is 0.443 e. The van der Waals surface area contributed by atoms with Crippen molar-refractivity contribution in [3.63, 3.8) is 0 Å². The monoisotopic (exact) mass is 632 g/mol. The zero-order chi connectivity index (χ0) is 33.4. The molecule has 0 fully saturated rings. The van der Waals surface area contributed by atoms with Crippen LogP contribution in [0.3, 0.4) is 0 Å². The van der Waals surface area contributed by atoms with Crippen molar-refractivity contribution < 1.29 is 14.3 Å². The first kappa shape index (κ1) is 36.0. The van der Waals surface area contributed by atoms with Crippen molar-refractivity contribution in [1.29, 1.82) is 0 Å². The lowest BCUT2D eigenvalue weighted by atomic mass is 9.97. The molecule has 0 aliphatic carbocycles. The molecule has 0 N–H and O–H groups in total. The highest BCUT2D eigenvalue weighted by atomic mass is 32.1. The van der Waals surface area contributed by atoms with E-state index in [1.165, 1.54) is 0 Å². The van der Waals surface area contributed by atoms with Crippen molar-refractivity contribution in [3.8, 4) is 21.7 Å². The first-order valence-electron chi connectivity index (χ1n) is 16.1. The SMILES string of the molecule is CC.CCCC(C)OCCC(C)(C)N(C(=O)OC(C)(C)C)c1ccc2nc(-c3ccc(-c4ccc(N(C)C)nc4)cc3)sc2c1. The van der Waals surface area contributed by atoms with E-state index < -0.39 is 11.1 Å². The predicted octanol–water partition coefficient (Wildman–Crippen LogP) is 10.2. The third-order valence-electron chi connectivity index (χ3n) is 7.29. The van der Waals surface area contributed by atoms with E-state index in [-0.39, 0.29) is 12.2 Å². The lowest BCUT2D eigenvalue weighted by Crippen LogP contribution is -2.50. The summed E-state index contributed by atoms with van der Waals surface area (Å²) in [6.07, 6.45) is 4.50. The number of benzene rings is 2. The van der Waals surface area contributed by atoms with E-state index in [0.717, 1.165) is 56.3 Å². The number of rotatable bonds is 11. The van der Waals surface area contributed by atoms with Crippen molar-refractivity contribution in [2.45, 2.75) is 98.8 Å². The Morgan fingerprint density at radius 2 is 1.58 bits per heavy atom. The summed E-state index contributed by atoms with van der Waals surface area (Å²) >= 11 is 1.62. The topological polar surface area (TPSA) is 67.8 Å². The maximum absolute atomic E-state index is 13.6. The normalized spacial score (nSPS) is 12.3. The molecular weight excluding hydrogens is 580 g/mol. The molecule has 0 saturated heterocycles. The lowest BCUT2D eigenvalue weighted by Gasteiger charge is -2.39. The Hall–Kier alpha value is -3.49. The summed E-state index contributed by atoms with van der Waals surface area (Å²) in [5.41, 5.74) is 3.75. The summed E-state index contributed by atoms with van der Waals surface area (Å²) in [5.74, 6) is 0.928. The first-order valence-corrected chi connectivity index (χ1v) is 16.9. The number of fused-ring (bicyclic) bond motifs is 1. The van der Waals surface area contributed by atoms with Gasteiger partial charge in [-0.25, -0.2) is 14.8 Å². The quantitative estimate of drug-likeness (QED) is 0.164. The van der Waals surface area contributed by atoms with Crippen LogP contribution in [0.2, 0.25) is 0 Å². The van der Waals surface area contributed by atoms with E-state index in [0.29, 0.717) is 13.0 Å².